The van der Waals surface area contributed by atoms with E-state index in [-0.39, 0.29) is 29.2 Å². The standard InChI is InChI=1S/C20H21N5O4/c1-12(2)10-17(27)22-15-6-4-14(5-7-15)16(26)11-29-19(28)18-23-20-21-9-8-13(3)25(20)24-18/h4-9,12H,10-11H2,1-3H3,(H,22,27). The second-order valence-corrected chi connectivity index (χ2v) is 6.96. The molecule has 0 unspecified atom stereocenters. The van der Waals surface area contributed by atoms with Crippen molar-refractivity contribution in [2.45, 2.75) is 27.2 Å². The Labute approximate surface area is 167 Å². The van der Waals surface area contributed by atoms with Gasteiger partial charge in [0.25, 0.3) is 11.6 Å². The van der Waals surface area contributed by atoms with Gasteiger partial charge in [-0.3, -0.25) is 9.59 Å². The van der Waals surface area contributed by atoms with Crippen molar-refractivity contribution in [2.75, 3.05) is 11.9 Å². The van der Waals surface area contributed by atoms with Gasteiger partial charge in [0.15, 0.2) is 12.4 Å². The highest BCUT2D eigenvalue weighted by Gasteiger charge is 2.18. The van der Waals surface area contributed by atoms with E-state index in [4.69, 9.17) is 4.74 Å². The number of carbonyl (C=O) groups excluding carboxylic acids is 3. The normalized spacial score (nSPS) is 10.9. The minimum absolute atomic E-state index is 0.0855. The maximum absolute atomic E-state index is 12.3. The number of hydrogen-bond donors (Lipinski definition) is 1. The smallest absolute Gasteiger partial charge is 0.378 e. The van der Waals surface area contributed by atoms with Crippen molar-refractivity contribution in [3.8, 4) is 0 Å². The van der Waals surface area contributed by atoms with Gasteiger partial charge in [-0.05, 0) is 43.2 Å². The lowest BCUT2D eigenvalue weighted by molar-refractivity contribution is -0.116. The second kappa shape index (κ2) is 8.59. The summed E-state index contributed by atoms with van der Waals surface area (Å²) in [4.78, 5) is 44.2. The first kappa shape index (κ1) is 20.1. The minimum atomic E-state index is -0.805. The molecule has 0 fully saturated rings. The van der Waals surface area contributed by atoms with Crippen molar-refractivity contribution >= 4 is 29.1 Å². The fourth-order valence-electron chi connectivity index (χ4n) is 2.59. The third-order valence-electron chi connectivity index (χ3n) is 4.03. The Hall–Kier alpha value is -3.62. The highest BCUT2D eigenvalue weighted by molar-refractivity contribution is 5.99. The van der Waals surface area contributed by atoms with Crippen molar-refractivity contribution in [3.05, 3.63) is 53.6 Å². The zero-order valence-corrected chi connectivity index (χ0v) is 16.4. The summed E-state index contributed by atoms with van der Waals surface area (Å²) in [6.45, 7) is 5.28. The number of nitrogens with zero attached hydrogens (tertiary/aromatic N) is 4. The lowest BCUT2D eigenvalue weighted by atomic mass is 10.1. The molecule has 1 N–H and O–H groups in total. The van der Waals surface area contributed by atoms with E-state index in [1.807, 2.05) is 13.8 Å². The molecule has 1 amide bonds. The SMILES string of the molecule is Cc1ccnc2nc(C(=O)OCC(=O)c3ccc(NC(=O)CC(C)C)cc3)nn12. The molecule has 1 aromatic carbocycles. The van der Waals surface area contributed by atoms with E-state index in [0.29, 0.717) is 17.7 Å². The van der Waals surface area contributed by atoms with Crippen LogP contribution in [0.4, 0.5) is 5.69 Å². The molecular formula is C20H21N5O4. The summed E-state index contributed by atoms with van der Waals surface area (Å²) in [5.74, 6) is -0.899. The van der Waals surface area contributed by atoms with Crippen LogP contribution < -0.4 is 5.32 Å². The number of amides is 1. The highest BCUT2D eigenvalue weighted by atomic mass is 16.5. The van der Waals surface area contributed by atoms with Crippen LogP contribution in [0, 0.1) is 12.8 Å². The summed E-state index contributed by atoms with van der Waals surface area (Å²) in [6, 6.07) is 8.13. The number of aromatic nitrogens is 4. The van der Waals surface area contributed by atoms with Gasteiger partial charge in [-0.15, -0.1) is 5.10 Å². The van der Waals surface area contributed by atoms with Gasteiger partial charge in [0.1, 0.15) is 0 Å². The number of esters is 1. The number of carbonyl (C=O) groups is 3. The van der Waals surface area contributed by atoms with E-state index in [1.54, 1.807) is 43.5 Å². The van der Waals surface area contributed by atoms with Crippen LogP contribution in [-0.4, -0.2) is 43.8 Å². The van der Waals surface area contributed by atoms with Gasteiger partial charge in [-0.25, -0.2) is 14.3 Å². The van der Waals surface area contributed by atoms with Crippen molar-refractivity contribution in [3.63, 3.8) is 0 Å². The van der Waals surface area contributed by atoms with Crippen LogP contribution >= 0.6 is 0 Å². The second-order valence-electron chi connectivity index (χ2n) is 6.96. The number of rotatable bonds is 7. The van der Waals surface area contributed by atoms with Crippen LogP contribution in [0.15, 0.2) is 36.5 Å². The maximum Gasteiger partial charge on any atom is 0.378 e. The first-order valence-corrected chi connectivity index (χ1v) is 9.12. The lowest BCUT2D eigenvalue weighted by Crippen LogP contribution is -2.16. The summed E-state index contributed by atoms with van der Waals surface area (Å²) < 4.78 is 6.45. The van der Waals surface area contributed by atoms with E-state index in [2.05, 4.69) is 20.4 Å². The summed E-state index contributed by atoms with van der Waals surface area (Å²) in [5, 5.41) is 6.81. The lowest BCUT2D eigenvalue weighted by Gasteiger charge is -2.08. The third-order valence-corrected chi connectivity index (χ3v) is 4.03. The number of ether oxygens (including phenoxy) is 1. The zero-order chi connectivity index (χ0) is 21.0. The molecule has 9 nitrogen and oxygen atoms in total. The number of ketones is 1. The summed E-state index contributed by atoms with van der Waals surface area (Å²) in [5.41, 5.74) is 1.72. The monoisotopic (exact) mass is 395 g/mol. The number of hydrogen-bond acceptors (Lipinski definition) is 7. The molecule has 29 heavy (non-hydrogen) atoms. The number of nitrogens with one attached hydrogen (secondary N) is 1. The zero-order valence-electron chi connectivity index (χ0n) is 16.4. The van der Waals surface area contributed by atoms with Crippen LogP contribution in [0.3, 0.4) is 0 Å². The van der Waals surface area contributed by atoms with Crippen LogP contribution in [-0.2, 0) is 9.53 Å². The van der Waals surface area contributed by atoms with Crippen LogP contribution in [0.1, 0.15) is 46.9 Å². The molecular weight excluding hydrogens is 374 g/mol. The van der Waals surface area contributed by atoms with E-state index in [9.17, 15) is 14.4 Å². The number of anilines is 1. The average Bonchev–Trinajstić information content (AvgIpc) is 3.11. The Bertz CT molecular complexity index is 1060. The molecule has 0 bridgehead atoms. The molecule has 3 aromatic rings. The number of benzene rings is 1. The molecule has 0 saturated heterocycles. The van der Waals surface area contributed by atoms with Gasteiger partial charge < -0.3 is 10.1 Å². The quantitative estimate of drug-likeness (QED) is 0.482. The van der Waals surface area contributed by atoms with Crippen LogP contribution in [0.5, 0.6) is 0 Å². The number of aryl methyl sites for hydroxylation is 1. The van der Waals surface area contributed by atoms with Gasteiger partial charge >= 0.3 is 5.97 Å². The first-order valence-electron chi connectivity index (χ1n) is 9.12. The molecule has 0 aliphatic rings. The topological polar surface area (TPSA) is 116 Å². The maximum atomic E-state index is 12.3. The first-order chi connectivity index (χ1) is 13.8. The van der Waals surface area contributed by atoms with Gasteiger partial charge in [-0.1, -0.05) is 13.8 Å². The molecule has 0 aliphatic heterocycles. The molecule has 2 heterocycles. The third kappa shape index (κ3) is 5.01. The molecule has 3 rings (SSSR count). The van der Waals surface area contributed by atoms with E-state index in [0.717, 1.165) is 5.69 Å². The van der Waals surface area contributed by atoms with Crippen LogP contribution in [0.2, 0.25) is 0 Å². The Kier molecular flexibility index (Phi) is 5.96. The summed E-state index contributed by atoms with van der Waals surface area (Å²) >= 11 is 0. The summed E-state index contributed by atoms with van der Waals surface area (Å²) in [6.07, 6.45) is 1.98. The number of fused-ring (bicyclic) bond motifs is 1. The minimum Gasteiger partial charge on any atom is -0.451 e. The van der Waals surface area contributed by atoms with E-state index in [1.165, 1.54) is 4.52 Å². The fourth-order valence-corrected chi connectivity index (χ4v) is 2.59. The Balaban J connectivity index is 1.57. The number of Topliss-reactive ketones (excluding diaryl/α,β-unsaturated/α-hetero) is 1. The molecule has 0 aliphatic carbocycles. The van der Waals surface area contributed by atoms with Gasteiger partial charge in [0.2, 0.25) is 5.91 Å². The molecule has 150 valence electrons. The molecule has 0 spiro atoms. The molecule has 0 atom stereocenters. The Morgan fingerprint density at radius 3 is 2.52 bits per heavy atom. The Morgan fingerprint density at radius 1 is 1.14 bits per heavy atom. The van der Waals surface area contributed by atoms with Crippen molar-refractivity contribution in [1.82, 2.24) is 19.6 Å². The van der Waals surface area contributed by atoms with Crippen molar-refractivity contribution < 1.29 is 19.1 Å². The predicted molar refractivity (Wildman–Crippen MR) is 105 cm³/mol. The Morgan fingerprint density at radius 2 is 1.86 bits per heavy atom. The van der Waals surface area contributed by atoms with E-state index >= 15 is 0 Å². The van der Waals surface area contributed by atoms with Crippen molar-refractivity contribution in [2.24, 2.45) is 5.92 Å². The van der Waals surface area contributed by atoms with Gasteiger partial charge in [0, 0.05) is 29.6 Å². The van der Waals surface area contributed by atoms with E-state index < -0.39 is 12.6 Å². The molecule has 0 radical (unpaired) electrons. The van der Waals surface area contributed by atoms with Gasteiger partial charge in [-0.2, -0.15) is 4.98 Å². The van der Waals surface area contributed by atoms with Crippen molar-refractivity contribution in [1.29, 1.82) is 0 Å². The predicted octanol–water partition coefficient (Wildman–Crippen LogP) is 2.46. The van der Waals surface area contributed by atoms with Crippen LogP contribution in [0.25, 0.3) is 5.78 Å². The summed E-state index contributed by atoms with van der Waals surface area (Å²) in [7, 11) is 0. The highest BCUT2D eigenvalue weighted by Crippen LogP contribution is 2.12. The molecule has 2 aromatic heterocycles. The molecule has 9 heteroatoms. The van der Waals surface area contributed by atoms with Gasteiger partial charge in [0.05, 0.1) is 0 Å². The largest absolute Gasteiger partial charge is 0.451 e. The fraction of sp³-hybridized carbons (Fsp3) is 0.300. The average molecular weight is 395 g/mol. The molecule has 0 saturated carbocycles.